The fourth-order valence-corrected chi connectivity index (χ4v) is 2.47. The molecule has 2 rings (SSSR count). The van der Waals surface area contributed by atoms with E-state index >= 15 is 0 Å². The number of nitrogens with zero attached hydrogens (tertiary/aromatic N) is 4. The maximum Gasteiger partial charge on any atom is 0.0527 e. The van der Waals surface area contributed by atoms with Crippen LogP contribution in [0.2, 0.25) is 0 Å². The summed E-state index contributed by atoms with van der Waals surface area (Å²) in [6, 6.07) is 0. The first-order valence-corrected chi connectivity index (χ1v) is 7.70. The summed E-state index contributed by atoms with van der Waals surface area (Å²) in [4.78, 5) is 0. The van der Waals surface area contributed by atoms with E-state index in [1.54, 1.807) is 0 Å². The molecule has 21 heavy (non-hydrogen) atoms. The molecule has 0 aliphatic carbocycles. The molecule has 2 heterocycles. The van der Waals surface area contributed by atoms with Gasteiger partial charge in [-0.05, 0) is 34.8 Å². The molecule has 0 aliphatic rings. The molecule has 0 fully saturated rings. The van der Waals surface area contributed by atoms with Gasteiger partial charge in [0.1, 0.15) is 0 Å². The first-order valence-electron chi connectivity index (χ1n) is 7.70. The quantitative estimate of drug-likeness (QED) is 0.841. The summed E-state index contributed by atoms with van der Waals surface area (Å²) in [6.07, 6.45) is 10.5. The van der Waals surface area contributed by atoms with Crippen LogP contribution in [0, 0.1) is 0 Å². The van der Waals surface area contributed by atoms with Crippen LogP contribution in [0.15, 0.2) is 24.8 Å². The van der Waals surface area contributed by atoms with Crippen molar-refractivity contribution in [2.45, 2.75) is 64.8 Å². The number of hydrogen-bond donors (Lipinski definition) is 0. The van der Waals surface area contributed by atoms with Crippen LogP contribution in [-0.2, 0) is 24.4 Å². The largest absolute Gasteiger partial charge is 0.276 e. The Morgan fingerprint density at radius 1 is 0.952 bits per heavy atom. The zero-order chi connectivity index (χ0) is 15.7. The van der Waals surface area contributed by atoms with E-state index in [-0.39, 0.29) is 10.8 Å². The normalized spacial score (nSPS) is 12.9. The maximum absolute atomic E-state index is 4.48. The maximum atomic E-state index is 4.48. The zero-order valence-electron chi connectivity index (χ0n) is 14.2. The number of hydrogen-bond acceptors (Lipinski definition) is 2. The Morgan fingerprint density at radius 3 is 2.14 bits per heavy atom. The standard InChI is InChI=1S/C17H28N4/c1-16(2,3)14-10-19-21(13-14)9-7-8-17(4,5)15-11-18-20(6)12-15/h10-13H,7-9H2,1-6H3. The summed E-state index contributed by atoms with van der Waals surface area (Å²) in [5.74, 6) is 0. The van der Waals surface area contributed by atoms with Gasteiger partial charge in [0, 0.05) is 26.0 Å². The first-order chi connectivity index (χ1) is 9.68. The van der Waals surface area contributed by atoms with Crippen LogP contribution < -0.4 is 0 Å². The van der Waals surface area contributed by atoms with Crippen molar-refractivity contribution in [3.8, 4) is 0 Å². The van der Waals surface area contributed by atoms with E-state index in [0.29, 0.717) is 0 Å². The van der Waals surface area contributed by atoms with Crippen molar-refractivity contribution in [1.82, 2.24) is 19.6 Å². The molecule has 0 saturated heterocycles. The first kappa shape index (κ1) is 15.8. The monoisotopic (exact) mass is 288 g/mol. The van der Waals surface area contributed by atoms with Gasteiger partial charge in [0.15, 0.2) is 0 Å². The van der Waals surface area contributed by atoms with E-state index in [1.165, 1.54) is 11.1 Å². The fraction of sp³-hybridized carbons (Fsp3) is 0.647. The van der Waals surface area contributed by atoms with Crippen molar-refractivity contribution >= 4 is 0 Å². The van der Waals surface area contributed by atoms with Gasteiger partial charge in [0.25, 0.3) is 0 Å². The fourth-order valence-electron chi connectivity index (χ4n) is 2.47. The lowest BCUT2D eigenvalue weighted by Crippen LogP contribution is -2.17. The van der Waals surface area contributed by atoms with E-state index in [4.69, 9.17) is 0 Å². The third-order valence-electron chi connectivity index (χ3n) is 4.17. The Bertz CT molecular complexity index is 584. The summed E-state index contributed by atoms with van der Waals surface area (Å²) in [5.41, 5.74) is 2.94. The highest BCUT2D eigenvalue weighted by Gasteiger charge is 2.22. The van der Waals surface area contributed by atoms with E-state index < -0.39 is 0 Å². The minimum absolute atomic E-state index is 0.161. The highest BCUT2D eigenvalue weighted by Crippen LogP contribution is 2.28. The Kier molecular flexibility index (Phi) is 4.26. The van der Waals surface area contributed by atoms with Crippen LogP contribution in [0.1, 0.15) is 58.6 Å². The lowest BCUT2D eigenvalue weighted by Gasteiger charge is -2.23. The van der Waals surface area contributed by atoms with Gasteiger partial charge in [-0.3, -0.25) is 9.36 Å². The van der Waals surface area contributed by atoms with Gasteiger partial charge < -0.3 is 0 Å². The number of rotatable bonds is 5. The molecule has 4 heteroatoms. The van der Waals surface area contributed by atoms with Gasteiger partial charge in [-0.15, -0.1) is 0 Å². The molecule has 0 saturated carbocycles. The number of aromatic nitrogens is 4. The molecule has 0 amide bonds. The molecule has 0 N–H and O–H groups in total. The molecule has 0 spiro atoms. The molecule has 0 unspecified atom stereocenters. The Morgan fingerprint density at radius 2 is 1.62 bits per heavy atom. The summed E-state index contributed by atoms with van der Waals surface area (Å²) >= 11 is 0. The molecule has 2 aromatic rings. The summed E-state index contributed by atoms with van der Waals surface area (Å²) < 4.78 is 3.94. The molecule has 4 nitrogen and oxygen atoms in total. The molecule has 0 atom stereocenters. The second kappa shape index (κ2) is 5.66. The van der Waals surface area contributed by atoms with Crippen LogP contribution in [0.4, 0.5) is 0 Å². The predicted molar refractivity (Wildman–Crippen MR) is 86.4 cm³/mol. The second-order valence-electron chi connectivity index (χ2n) is 7.63. The highest BCUT2D eigenvalue weighted by molar-refractivity contribution is 5.17. The van der Waals surface area contributed by atoms with E-state index in [1.807, 2.05) is 24.1 Å². The smallest absolute Gasteiger partial charge is 0.0527 e. The SMILES string of the molecule is Cn1cc(C(C)(C)CCCn2cc(C(C)(C)C)cn2)cn1. The Labute approximate surface area is 128 Å². The topological polar surface area (TPSA) is 35.6 Å². The third kappa shape index (κ3) is 3.96. The average molecular weight is 288 g/mol. The predicted octanol–water partition coefficient (Wildman–Crippen LogP) is 3.67. The minimum Gasteiger partial charge on any atom is -0.276 e. The summed E-state index contributed by atoms with van der Waals surface area (Å²) in [7, 11) is 1.97. The van der Waals surface area contributed by atoms with E-state index in [0.717, 1.165) is 19.4 Å². The molecule has 2 aromatic heterocycles. The number of aryl methyl sites for hydroxylation is 2. The van der Waals surface area contributed by atoms with Gasteiger partial charge >= 0.3 is 0 Å². The minimum atomic E-state index is 0.161. The van der Waals surface area contributed by atoms with Crippen molar-refractivity contribution < 1.29 is 0 Å². The van der Waals surface area contributed by atoms with Crippen LogP contribution in [-0.4, -0.2) is 19.6 Å². The van der Waals surface area contributed by atoms with Crippen LogP contribution in [0.5, 0.6) is 0 Å². The average Bonchev–Trinajstić information content (AvgIpc) is 2.97. The lowest BCUT2D eigenvalue weighted by molar-refractivity contribution is 0.428. The van der Waals surface area contributed by atoms with Gasteiger partial charge in [-0.1, -0.05) is 34.6 Å². The molecule has 0 bridgehead atoms. The summed E-state index contributed by atoms with van der Waals surface area (Å²) in [6.45, 7) is 12.2. The van der Waals surface area contributed by atoms with Crippen LogP contribution in [0.25, 0.3) is 0 Å². The third-order valence-corrected chi connectivity index (χ3v) is 4.17. The molecule has 0 aliphatic heterocycles. The van der Waals surface area contributed by atoms with Crippen molar-refractivity contribution in [1.29, 1.82) is 0 Å². The van der Waals surface area contributed by atoms with Crippen molar-refractivity contribution in [3.63, 3.8) is 0 Å². The van der Waals surface area contributed by atoms with Crippen LogP contribution >= 0.6 is 0 Å². The molecule has 116 valence electrons. The molecular weight excluding hydrogens is 260 g/mol. The highest BCUT2D eigenvalue weighted by atomic mass is 15.3. The Balaban J connectivity index is 1.91. The van der Waals surface area contributed by atoms with Gasteiger partial charge in [0.05, 0.1) is 12.4 Å². The zero-order valence-corrected chi connectivity index (χ0v) is 14.2. The van der Waals surface area contributed by atoms with E-state index in [9.17, 15) is 0 Å². The van der Waals surface area contributed by atoms with Gasteiger partial charge in [-0.25, -0.2) is 0 Å². The Hall–Kier alpha value is -1.58. The van der Waals surface area contributed by atoms with Crippen molar-refractivity contribution in [3.05, 3.63) is 35.9 Å². The van der Waals surface area contributed by atoms with E-state index in [2.05, 4.69) is 61.9 Å². The molecule has 0 aromatic carbocycles. The summed E-state index contributed by atoms with van der Waals surface area (Å²) in [5, 5.41) is 8.76. The van der Waals surface area contributed by atoms with Gasteiger partial charge in [0.2, 0.25) is 0 Å². The lowest BCUT2D eigenvalue weighted by atomic mass is 9.82. The van der Waals surface area contributed by atoms with Gasteiger partial charge in [-0.2, -0.15) is 10.2 Å². The van der Waals surface area contributed by atoms with Crippen molar-refractivity contribution in [2.24, 2.45) is 7.05 Å². The molecular formula is C17H28N4. The second-order valence-corrected chi connectivity index (χ2v) is 7.63. The van der Waals surface area contributed by atoms with Crippen molar-refractivity contribution in [2.75, 3.05) is 0 Å². The molecule has 0 radical (unpaired) electrons. The van der Waals surface area contributed by atoms with Crippen LogP contribution in [0.3, 0.4) is 0 Å².